The highest BCUT2D eigenvalue weighted by atomic mass is 35.5. The van der Waals surface area contributed by atoms with Gasteiger partial charge in [-0.2, -0.15) is 0 Å². The molecule has 1 heterocycles. The highest BCUT2D eigenvalue weighted by Gasteiger charge is 2.09. The van der Waals surface area contributed by atoms with Gasteiger partial charge in [0.25, 0.3) is 5.91 Å². The Morgan fingerprint density at radius 3 is 2.95 bits per heavy atom. The van der Waals surface area contributed by atoms with E-state index in [9.17, 15) is 4.79 Å². The van der Waals surface area contributed by atoms with Gasteiger partial charge in [-0.1, -0.05) is 11.6 Å². The number of ether oxygens (including phenoxy) is 1. The summed E-state index contributed by atoms with van der Waals surface area (Å²) < 4.78 is 5.26. The van der Waals surface area contributed by atoms with Crippen molar-refractivity contribution < 1.29 is 9.53 Å². The number of aromatic nitrogens is 1. The van der Waals surface area contributed by atoms with Crippen LogP contribution in [0.15, 0.2) is 36.7 Å². The van der Waals surface area contributed by atoms with Crippen LogP contribution in [0.1, 0.15) is 15.9 Å². The number of nitrogens with one attached hydrogen (secondary N) is 1. The van der Waals surface area contributed by atoms with Crippen molar-refractivity contribution in [3.63, 3.8) is 0 Å². The van der Waals surface area contributed by atoms with E-state index in [0.29, 0.717) is 22.8 Å². The molecule has 2 rings (SSSR count). The number of carbonyl (C=O) groups is 1. The Hall–Kier alpha value is -2.27. The molecule has 2 aromatic rings. The summed E-state index contributed by atoms with van der Waals surface area (Å²) in [6.45, 7) is 0.452. The monoisotopic (exact) mass is 291 g/mol. The lowest BCUT2D eigenvalue weighted by atomic mass is 10.1. The summed E-state index contributed by atoms with van der Waals surface area (Å²) in [6, 6.07) is 7.04. The number of nitrogens with two attached hydrogens (primary N) is 1. The van der Waals surface area contributed by atoms with E-state index in [1.54, 1.807) is 37.6 Å². The number of hydrogen-bond donors (Lipinski definition) is 2. The van der Waals surface area contributed by atoms with Crippen LogP contribution in [0, 0.1) is 0 Å². The van der Waals surface area contributed by atoms with Crippen molar-refractivity contribution in [2.45, 2.75) is 6.54 Å². The summed E-state index contributed by atoms with van der Waals surface area (Å²) in [5.41, 5.74) is 7.14. The molecule has 0 radical (unpaired) electrons. The lowest BCUT2D eigenvalue weighted by Gasteiger charge is -2.12. The van der Waals surface area contributed by atoms with E-state index in [-0.39, 0.29) is 0 Å². The topological polar surface area (TPSA) is 77.2 Å². The SMILES string of the molecule is COc1ccc(Cl)cc1CNc1ccncc1C(N)=O. The number of benzene rings is 1. The van der Waals surface area contributed by atoms with Crippen LogP contribution in [-0.2, 0) is 6.54 Å². The molecule has 0 atom stereocenters. The molecule has 104 valence electrons. The molecule has 0 fully saturated rings. The number of pyridine rings is 1. The molecule has 0 saturated heterocycles. The smallest absolute Gasteiger partial charge is 0.252 e. The first-order valence-corrected chi connectivity index (χ1v) is 6.29. The van der Waals surface area contributed by atoms with Gasteiger partial charge < -0.3 is 15.8 Å². The normalized spacial score (nSPS) is 10.1. The Morgan fingerprint density at radius 2 is 2.25 bits per heavy atom. The molecule has 3 N–H and O–H groups in total. The van der Waals surface area contributed by atoms with E-state index in [1.165, 1.54) is 6.20 Å². The van der Waals surface area contributed by atoms with Crippen molar-refractivity contribution in [3.05, 3.63) is 52.8 Å². The van der Waals surface area contributed by atoms with Gasteiger partial charge in [0, 0.05) is 29.5 Å². The van der Waals surface area contributed by atoms with E-state index < -0.39 is 5.91 Å². The van der Waals surface area contributed by atoms with Gasteiger partial charge in [-0.25, -0.2) is 0 Å². The minimum absolute atomic E-state index is 0.341. The van der Waals surface area contributed by atoms with Crippen molar-refractivity contribution in [1.82, 2.24) is 4.98 Å². The molecule has 1 amide bonds. The first-order valence-electron chi connectivity index (χ1n) is 5.92. The molecule has 6 heteroatoms. The van der Waals surface area contributed by atoms with Crippen LogP contribution >= 0.6 is 11.6 Å². The maximum Gasteiger partial charge on any atom is 0.252 e. The van der Waals surface area contributed by atoms with Crippen LogP contribution in [0.25, 0.3) is 0 Å². The number of methoxy groups -OCH3 is 1. The molecule has 0 spiro atoms. The molecule has 0 aliphatic carbocycles. The molecular formula is C14H14ClN3O2. The average molecular weight is 292 g/mol. The van der Waals surface area contributed by atoms with Crippen molar-refractivity contribution >= 4 is 23.2 Å². The number of hydrogen-bond acceptors (Lipinski definition) is 4. The molecule has 0 aliphatic heterocycles. The first-order chi connectivity index (χ1) is 9.61. The van der Waals surface area contributed by atoms with Crippen molar-refractivity contribution in [1.29, 1.82) is 0 Å². The number of primary amides is 1. The molecule has 0 saturated carbocycles. The predicted octanol–water partition coefficient (Wildman–Crippen LogP) is 2.45. The summed E-state index contributed by atoms with van der Waals surface area (Å²) in [6.07, 6.45) is 3.02. The summed E-state index contributed by atoms with van der Waals surface area (Å²) in [5, 5.41) is 3.75. The fourth-order valence-corrected chi connectivity index (χ4v) is 2.02. The second kappa shape index (κ2) is 6.25. The fraction of sp³-hybridized carbons (Fsp3) is 0.143. The van der Waals surface area contributed by atoms with Crippen LogP contribution in [-0.4, -0.2) is 18.0 Å². The van der Waals surface area contributed by atoms with Gasteiger partial charge in [0.15, 0.2) is 0 Å². The van der Waals surface area contributed by atoms with Gasteiger partial charge in [0.05, 0.1) is 18.4 Å². The Morgan fingerprint density at radius 1 is 1.45 bits per heavy atom. The zero-order chi connectivity index (χ0) is 14.5. The maximum atomic E-state index is 11.3. The van der Waals surface area contributed by atoms with Crippen LogP contribution in [0.4, 0.5) is 5.69 Å². The van der Waals surface area contributed by atoms with Gasteiger partial charge in [-0.05, 0) is 24.3 Å². The number of nitrogens with zero attached hydrogens (tertiary/aromatic N) is 1. The Balaban J connectivity index is 2.21. The summed E-state index contributed by atoms with van der Waals surface area (Å²) in [7, 11) is 1.59. The minimum atomic E-state index is -0.529. The van der Waals surface area contributed by atoms with Crippen molar-refractivity contribution in [2.75, 3.05) is 12.4 Å². The van der Waals surface area contributed by atoms with E-state index in [2.05, 4.69) is 10.3 Å². The third-order valence-electron chi connectivity index (χ3n) is 2.80. The van der Waals surface area contributed by atoms with Gasteiger partial charge in [-0.3, -0.25) is 9.78 Å². The Bertz CT molecular complexity index is 632. The molecule has 1 aromatic heterocycles. The molecular weight excluding hydrogens is 278 g/mol. The maximum absolute atomic E-state index is 11.3. The largest absolute Gasteiger partial charge is 0.496 e. The third-order valence-corrected chi connectivity index (χ3v) is 3.03. The second-order valence-electron chi connectivity index (χ2n) is 4.10. The van der Waals surface area contributed by atoms with Crippen molar-refractivity contribution in [3.8, 4) is 5.75 Å². The minimum Gasteiger partial charge on any atom is -0.496 e. The number of halogens is 1. The van der Waals surface area contributed by atoms with E-state index in [4.69, 9.17) is 22.1 Å². The highest BCUT2D eigenvalue weighted by Crippen LogP contribution is 2.24. The van der Waals surface area contributed by atoms with Crippen LogP contribution in [0.3, 0.4) is 0 Å². The second-order valence-corrected chi connectivity index (χ2v) is 4.53. The number of amides is 1. The molecule has 1 aromatic carbocycles. The summed E-state index contributed by atoms with van der Waals surface area (Å²) >= 11 is 5.97. The summed E-state index contributed by atoms with van der Waals surface area (Å²) in [5.74, 6) is 0.190. The molecule has 5 nitrogen and oxygen atoms in total. The average Bonchev–Trinajstić information content (AvgIpc) is 2.45. The molecule has 0 aliphatic rings. The quantitative estimate of drug-likeness (QED) is 0.887. The number of rotatable bonds is 5. The van der Waals surface area contributed by atoms with E-state index in [1.807, 2.05) is 0 Å². The van der Waals surface area contributed by atoms with Crippen LogP contribution < -0.4 is 15.8 Å². The van der Waals surface area contributed by atoms with Gasteiger partial charge in [0.2, 0.25) is 0 Å². The Labute approximate surface area is 121 Å². The van der Waals surface area contributed by atoms with Crippen LogP contribution in [0.2, 0.25) is 5.02 Å². The lowest BCUT2D eigenvalue weighted by molar-refractivity contribution is 0.100. The number of anilines is 1. The van der Waals surface area contributed by atoms with Crippen LogP contribution in [0.5, 0.6) is 5.75 Å². The standard InChI is InChI=1S/C14H14ClN3O2/c1-20-13-3-2-10(15)6-9(13)7-18-12-4-5-17-8-11(12)14(16)19/h2-6,8H,7H2,1H3,(H2,16,19)(H,17,18). The predicted molar refractivity (Wildman–Crippen MR) is 78.1 cm³/mol. The lowest BCUT2D eigenvalue weighted by Crippen LogP contribution is -2.14. The highest BCUT2D eigenvalue weighted by molar-refractivity contribution is 6.30. The van der Waals surface area contributed by atoms with Gasteiger partial charge in [-0.15, -0.1) is 0 Å². The molecule has 0 bridgehead atoms. The molecule has 0 unspecified atom stereocenters. The van der Waals surface area contributed by atoms with Gasteiger partial charge in [0.1, 0.15) is 5.75 Å². The fourth-order valence-electron chi connectivity index (χ4n) is 1.82. The van der Waals surface area contributed by atoms with E-state index in [0.717, 1.165) is 11.3 Å². The summed E-state index contributed by atoms with van der Waals surface area (Å²) in [4.78, 5) is 15.2. The first kappa shape index (κ1) is 14.1. The van der Waals surface area contributed by atoms with E-state index >= 15 is 0 Å². The van der Waals surface area contributed by atoms with Gasteiger partial charge >= 0.3 is 0 Å². The zero-order valence-electron chi connectivity index (χ0n) is 10.9. The van der Waals surface area contributed by atoms with Crippen molar-refractivity contribution in [2.24, 2.45) is 5.73 Å². The Kier molecular flexibility index (Phi) is 4.42. The third kappa shape index (κ3) is 3.19. The number of carbonyl (C=O) groups excluding carboxylic acids is 1. The zero-order valence-corrected chi connectivity index (χ0v) is 11.6. The molecule has 20 heavy (non-hydrogen) atoms.